The summed E-state index contributed by atoms with van der Waals surface area (Å²) in [4.78, 5) is 14.5. The number of amides is 1. The van der Waals surface area contributed by atoms with E-state index >= 15 is 0 Å². The van der Waals surface area contributed by atoms with Gasteiger partial charge in [-0.3, -0.25) is 0 Å². The van der Waals surface area contributed by atoms with Gasteiger partial charge in [0, 0.05) is 24.8 Å². The molecule has 3 atom stereocenters. The lowest BCUT2D eigenvalue weighted by Gasteiger charge is -2.46. The minimum absolute atomic E-state index is 0.00308. The summed E-state index contributed by atoms with van der Waals surface area (Å²) in [5.41, 5.74) is 0.756. The summed E-state index contributed by atoms with van der Waals surface area (Å²) in [6, 6.07) is 19.9. The number of likely N-dealkylation sites (tertiary alicyclic amines) is 1. The molecule has 0 spiro atoms. The van der Waals surface area contributed by atoms with Crippen LogP contribution in [0.5, 0.6) is 17.2 Å². The molecule has 1 aliphatic heterocycles. The molecule has 3 aromatic carbocycles. The number of carbonyl (C=O) groups excluding carboxylic acids is 1. The number of halogens is 1. The molecule has 3 aromatic rings. The van der Waals surface area contributed by atoms with Crippen LogP contribution < -0.4 is 19.0 Å². The van der Waals surface area contributed by atoms with Gasteiger partial charge >= 0.3 is 6.09 Å². The summed E-state index contributed by atoms with van der Waals surface area (Å²) >= 11 is -2.02. The van der Waals surface area contributed by atoms with Gasteiger partial charge in [-0.15, -0.1) is 0 Å². The molecule has 1 unspecified atom stereocenters. The van der Waals surface area contributed by atoms with Crippen molar-refractivity contribution in [2.24, 2.45) is 0 Å². The van der Waals surface area contributed by atoms with Gasteiger partial charge in [-0.1, -0.05) is 42.5 Å². The van der Waals surface area contributed by atoms with E-state index in [0.29, 0.717) is 25.1 Å². The van der Waals surface area contributed by atoms with Crippen LogP contribution in [0.2, 0.25) is 0 Å². The molecule has 1 saturated heterocycles. The molecule has 9 nitrogen and oxygen atoms in total. The average molecular weight is 558 g/mol. The molecule has 208 valence electrons. The van der Waals surface area contributed by atoms with Crippen LogP contribution in [0.15, 0.2) is 72.8 Å². The Morgan fingerprint density at radius 2 is 1.87 bits per heavy atom. The summed E-state index contributed by atoms with van der Waals surface area (Å²) in [5.74, 6) is -0.469. The monoisotopic (exact) mass is 557 g/mol. The van der Waals surface area contributed by atoms with Crippen LogP contribution in [-0.4, -0.2) is 52.1 Å². The number of carbonyl (C=O) groups is 1. The van der Waals surface area contributed by atoms with Gasteiger partial charge in [-0.2, -0.15) is 4.21 Å². The van der Waals surface area contributed by atoms with E-state index in [9.17, 15) is 18.5 Å². The van der Waals surface area contributed by atoms with E-state index in [2.05, 4.69) is 10.0 Å². The van der Waals surface area contributed by atoms with Crippen molar-refractivity contribution >= 4 is 23.0 Å². The van der Waals surface area contributed by atoms with Gasteiger partial charge in [0.05, 0.1) is 12.6 Å². The third kappa shape index (κ3) is 7.39. The number of methoxy groups -OCH3 is 1. The lowest BCUT2D eigenvalue weighted by atomic mass is 9.83. The molecule has 0 aromatic heterocycles. The second kappa shape index (κ2) is 12.8. The molecular weight excluding hydrogens is 525 g/mol. The molecule has 0 radical (unpaired) electrons. The maximum absolute atomic E-state index is 13.9. The number of aromatic hydroxyl groups is 1. The van der Waals surface area contributed by atoms with E-state index in [1.807, 2.05) is 37.3 Å². The van der Waals surface area contributed by atoms with Crippen molar-refractivity contribution in [2.45, 2.75) is 38.0 Å². The Balaban J connectivity index is 1.44. The van der Waals surface area contributed by atoms with Gasteiger partial charge < -0.3 is 29.0 Å². The molecule has 0 saturated carbocycles. The van der Waals surface area contributed by atoms with Gasteiger partial charge in [0.2, 0.25) is 5.75 Å². The number of hydrogen-bond acceptors (Lipinski definition) is 7. The first kappa shape index (κ1) is 28.2. The number of hydrogen-bond donors (Lipinski definition) is 3. The molecule has 0 bridgehead atoms. The van der Waals surface area contributed by atoms with E-state index < -0.39 is 28.7 Å². The van der Waals surface area contributed by atoms with Crippen LogP contribution in [0.25, 0.3) is 0 Å². The molecule has 3 N–H and O–H groups in total. The fourth-order valence-electron chi connectivity index (χ4n) is 4.64. The number of para-hydroxylation sites is 1. The zero-order valence-electron chi connectivity index (χ0n) is 21.8. The number of phenolic OH excluding ortho intramolecular Hbond substituents is 1. The number of phenols is 1. The second-order valence-electron chi connectivity index (χ2n) is 9.40. The Kier molecular flexibility index (Phi) is 9.26. The lowest BCUT2D eigenvalue weighted by Crippen LogP contribution is -2.59. The number of rotatable bonds is 10. The van der Waals surface area contributed by atoms with Crippen molar-refractivity contribution in [3.05, 3.63) is 84.2 Å². The van der Waals surface area contributed by atoms with Crippen molar-refractivity contribution in [3.8, 4) is 17.2 Å². The predicted molar refractivity (Wildman–Crippen MR) is 146 cm³/mol. The van der Waals surface area contributed by atoms with Crippen molar-refractivity contribution in [1.29, 1.82) is 0 Å². The van der Waals surface area contributed by atoms with Crippen LogP contribution in [0.1, 0.15) is 25.3 Å². The first-order valence-corrected chi connectivity index (χ1v) is 13.6. The minimum atomic E-state index is -2.02. The zero-order valence-corrected chi connectivity index (χ0v) is 22.6. The Hall–Kier alpha value is -3.83. The third-order valence-electron chi connectivity index (χ3n) is 6.60. The van der Waals surface area contributed by atoms with Gasteiger partial charge in [0.1, 0.15) is 12.4 Å². The van der Waals surface area contributed by atoms with Gasteiger partial charge in [0.25, 0.3) is 11.3 Å². The standard InChI is InChI=1S/C28H32FN3O6S/c1-20-17-28(31-23-11-6-10-22(29)16-23,14-15-32(20)27(34)37-18-21-8-4-3-5-9-21)19-30-39(35)38-25-13-7-12-24(36-2)26(25)33/h3-13,16,20,30-31,33H,14-15,17-19H2,1-2H3/t20-,28+,39?/m0/s1. The van der Waals surface area contributed by atoms with Gasteiger partial charge in [0.15, 0.2) is 11.5 Å². The first-order chi connectivity index (χ1) is 18.8. The fraction of sp³-hybridized carbons (Fsp3) is 0.321. The van der Waals surface area contributed by atoms with Crippen LogP contribution >= 0.6 is 0 Å². The molecular formula is C28H32FN3O6S. The molecule has 1 fully saturated rings. The lowest BCUT2D eigenvalue weighted by molar-refractivity contribution is 0.0597. The first-order valence-electron chi connectivity index (χ1n) is 12.5. The zero-order chi connectivity index (χ0) is 27.8. The summed E-state index contributed by atoms with van der Waals surface area (Å²) in [6.45, 7) is 2.61. The van der Waals surface area contributed by atoms with E-state index in [4.69, 9.17) is 13.7 Å². The van der Waals surface area contributed by atoms with Crippen molar-refractivity contribution in [3.63, 3.8) is 0 Å². The molecule has 11 heteroatoms. The van der Waals surface area contributed by atoms with E-state index in [1.54, 1.807) is 29.2 Å². The molecule has 1 amide bonds. The normalized spacial score (nSPS) is 19.7. The van der Waals surface area contributed by atoms with Crippen LogP contribution in [0.3, 0.4) is 0 Å². The van der Waals surface area contributed by atoms with Crippen molar-refractivity contribution in [2.75, 3.05) is 25.5 Å². The molecule has 4 rings (SSSR count). The largest absolute Gasteiger partial charge is 0.502 e. The summed E-state index contributed by atoms with van der Waals surface area (Å²) in [5, 5.41) is 13.6. The maximum atomic E-state index is 13.9. The van der Waals surface area contributed by atoms with Crippen LogP contribution in [0.4, 0.5) is 14.9 Å². The maximum Gasteiger partial charge on any atom is 0.410 e. The number of piperidine rings is 1. The molecule has 1 heterocycles. The van der Waals surface area contributed by atoms with Crippen LogP contribution in [-0.2, 0) is 22.6 Å². The number of nitrogens with one attached hydrogen (secondary N) is 2. The summed E-state index contributed by atoms with van der Waals surface area (Å²) in [6.07, 6.45) is 0.501. The predicted octanol–water partition coefficient (Wildman–Crippen LogP) is 4.76. The summed E-state index contributed by atoms with van der Waals surface area (Å²) < 4.78 is 45.6. The van der Waals surface area contributed by atoms with E-state index in [-0.39, 0.29) is 36.4 Å². The number of anilines is 1. The Bertz CT molecular complexity index is 1300. The van der Waals surface area contributed by atoms with Crippen LogP contribution in [0, 0.1) is 5.82 Å². The Morgan fingerprint density at radius 3 is 2.59 bits per heavy atom. The average Bonchev–Trinajstić information content (AvgIpc) is 2.92. The molecule has 39 heavy (non-hydrogen) atoms. The SMILES string of the molecule is COc1cccc(OS(=O)NC[C@@]2(Nc3cccc(F)c3)CCN(C(=O)OCc3ccccc3)[C@@H](C)C2)c1O. The highest BCUT2D eigenvalue weighted by atomic mass is 32.2. The topological polar surface area (TPSA) is 109 Å². The number of benzene rings is 3. The van der Waals surface area contributed by atoms with E-state index in [1.165, 1.54) is 25.3 Å². The highest BCUT2D eigenvalue weighted by Crippen LogP contribution is 2.36. The van der Waals surface area contributed by atoms with Crippen molar-refractivity contribution in [1.82, 2.24) is 9.62 Å². The summed E-state index contributed by atoms with van der Waals surface area (Å²) in [7, 11) is 1.40. The third-order valence-corrected chi connectivity index (χ3v) is 7.31. The highest BCUT2D eigenvalue weighted by Gasteiger charge is 2.41. The molecule has 1 aliphatic rings. The van der Waals surface area contributed by atoms with Gasteiger partial charge in [-0.25, -0.2) is 13.9 Å². The Labute approximate surface area is 229 Å². The van der Waals surface area contributed by atoms with Gasteiger partial charge in [-0.05, 0) is 55.7 Å². The number of nitrogens with zero attached hydrogens (tertiary/aromatic N) is 1. The minimum Gasteiger partial charge on any atom is -0.502 e. The van der Waals surface area contributed by atoms with E-state index in [0.717, 1.165) is 5.56 Å². The molecule has 0 aliphatic carbocycles. The smallest absolute Gasteiger partial charge is 0.410 e. The Morgan fingerprint density at radius 1 is 1.13 bits per heavy atom. The highest BCUT2D eigenvalue weighted by molar-refractivity contribution is 7.78. The van der Waals surface area contributed by atoms with Crippen molar-refractivity contribution < 1.29 is 32.2 Å². The number of ether oxygens (including phenoxy) is 2. The second-order valence-corrected chi connectivity index (χ2v) is 10.3. The quantitative estimate of drug-likeness (QED) is 0.330. The fourth-order valence-corrected chi connectivity index (χ4v) is 5.39.